The van der Waals surface area contributed by atoms with E-state index in [1.165, 1.54) is 0 Å². The van der Waals surface area contributed by atoms with Crippen molar-refractivity contribution in [2.24, 2.45) is 5.92 Å². The van der Waals surface area contributed by atoms with Gasteiger partial charge in [-0.3, -0.25) is 4.79 Å². The van der Waals surface area contributed by atoms with E-state index in [1.54, 1.807) is 0 Å². The Labute approximate surface area is 80.5 Å². The number of nitrogens with zero attached hydrogens (tertiary/aromatic N) is 1. The molecular formula is C10H20N2O. The molecule has 1 aliphatic rings. The first-order valence-electron chi connectivity index (χ1n) is 5.18. The monoisotopic (exact) mass is 184 g/mol. The van der Waals surface area contributed by atoms with Gasteiger partial charge in [0.15, 0.2) is 0 Å². The minimum Gasteiger partial charge on any atom is -0.338 e. The van der Waals surface area contributed by atoms with Crippen LogP contribution in [-0.4, -0.2) is 36.5 Å². The second-order valence-electron chi connectivity index (χ2n) is 3.93. The molecule has 0 bridgehead atoms. The third kappa shape index (κ3) is 2.44. The molecule has 13 heavy (non-hydrogen) atoms. The van der Waals surface area contributed by atoms with Crippen molar-refractivity contribution >= 4 is 5.91 Å². The van der Waals surface area contributed by atoms with Crippen LogP contribution >= 0.6 is 0 Å². The Morgan fingerprint density at radius 3 is 2.69 bits per heavy atom. The van der Waals surface area contributed by atoms with E-state index in [1.807, 2.05) is 18.7 Å². The normalized spacial score (nSPS) is 22.3. The smallest absolute Gasteiger partial charge is 0.225 e. The fraction of sp³-hybridized carbons (Fsp3) is 0.900. The molecule has 0 aromatic heterocycles. The number of carbonyl (C=O) groups is 1. The number of likely N-dealkylation sites (N-methyl/N-ethyl adjacent to an activating group) is 1. The predicted octanol–water partition coefficient (Wildman–Crippen LogP) is 0.853. The van der Waals surface area contributed by atoms with Gasteiger partial charge in [-0.25, -0.2) is 0 Å². The van der Waals surface area contributed by atoms with Gasteiger partial charge in [-0.05, 0) is 19.9 Å². The highest BCUT2D eigenvalue weighted by molar-refractivity contribution is 5.78. The molecule has 3 heteroatoms. The van der Waals surface area contributed by atoms with Crippen molar-refractivity contribution in [3.05, 3.63) is 0 Å². The minimum atomic E-state index is 0.126. The highest BCUT2D eigenvalue weighted by Gasteiger charge is 2.26. The molecule has 0 aliphatic carbocycles. The summed E-state index contributed by atoms with van der Waals surface area (Å²) in [5, 5.41) is 3.29. The standard InChI is InChI=1S/C10H20N2O/c1-4-12(10(13)8(2)3)9-5-6-11-7-9/h8-9,11H,4-7H2,1-3H3/t9-/m0/s1. The molecule has 1 N–H and O–H groups in total. The Bertz CT molecular complexity index is 174. The molecule has 0 unspecified atom stereocenters. The molecule has 3 nitrogen and oxygen atoms in total. The summed E-state index contributed by atoms with van der Waals surface area (Å²) in [5.74, 6) is 0.414. The van der Waals surface area contributed by atoms with Crippen LogP contribution in [0.4, 0.5) is 0 Å². The van der Waals surface area contributed by atoms with E-state index in [4.69, 9.17) is 0 Å². The van der Waals surface area contributed by atoms with Gasteiger partial charge in [0.25, 0.3) is 0 Å². The van der Waals surface area contributed by atoms with E-state index < -0.39 is 0 Å². The second-order valence-corrected chi connectivity index (χ2v) is 3.93. The van der Waals surface area contributed by atoms with Crippen LogP contribution < -0.4 is 5.32 Å². The number of amides is 1. The zero-order valence-electron chi connectivity index (χ0n) is 8.84. The first-order valence-corrected chi connectivity index (χ1v) is 5.18. The molecule has 1 aliphatic heterocycles. The van der Waals surface area contributed by atoms with E-state index in [9.17, 15) is 4.79 Å². The van der Waals surface area contributed by atoms with Gasteiger partial charge in [-0.1, -0.05) is 13.8 Å². The van der Waals surface area contributed by atoms with Crippen molar-refractivity contribution in [2.45, 2.75) is 33.2 Å². The van der Waals surface area contributed by atoms with E-state index in [0.29, 0.717) is 6.04 Å². The molecule has 0 aromatic carbocycles. The fourth-order valence-electron chi connectivity index (χ4n) is 1.83. The Morgan fingerprint density at radius 2 is 2.31 bits per heavy atom. The highest BCUT2D eigenvalue weighted by atomic mass is 16.2. The Kier molecular flexibility index (Phi) is 3.72. The summed E-state index contributed by atoms with van der Waals surface area (Å²) in [5.41, 5.74) is 0. The average molecular weight is 184 g/mol. The van der Waals surface area contributed by atoms with Crippen molar-refractivity contribution in [1.82, 2.24) is 10.2 Å². The SMILES string of the molecule is CCN(C(=O)C(C)C)[C@H]1CCNC1. The zero-order valence-corrected chi connectivity index (χ0v) is 8.84. The highest BCUT2D eigenvalue weighted by Crippen LogP contribution is 2.11. The Morgan fingerprint density at radius 1 is 1.62 bits per heavy atom. The van der Waals surface area contributed by atoms with Gasteiger partial charge in [0.05, 0.1) is 0 Å². The van der Waals surface area contributed by atoms with Crippen LogP contribution in [0.5, 0.6) is 0 Å². The van der Waals surface area contributed by atoms with Crippen LogP contribution in [0.3, 0.4) is 0 Å². The number of rotatable bonds is 3. The minimum absolute atomic E-state index is 0.126. The Balaban J connectivity index is 2.55. The van der Waals surface area contributed by atoms with Gasteiger partial charge in [0.2, 0.25) is 5.91 Å². The van der Waals surface area contributed by atoms with Crippen LogP contribution in [-0.2, 0) is 4.79 Å². The van der Waals surface area contributed by atoms with Gasteiger partial charge >= 0.3 is 0 Å². The molecule has 1 heterocycles. The summed E-state index contributed by atoms with van der Waals surface area (Å²) < 4.78 is 0. The number of hydrogen-bond donors (Lipinski definition) is 1. The quantitative estimate of drug-likeness (QED) is 0.705. The lowest BCUT2D eigenvalue weighted by Crippen LogP contribution is -2.43. The van der Waals surface area contributed by atoms with Crippen LogP contribution in [0.1, 0.15) is 27.2 Å². The molecule has 1 amide bonds. The predicted molar refractivity (Wildman–Crippen MR) is 53.5 cm³/mol. The maximum Gasteiger partial charge on any atom is 0.225 e. The van der Waals surface area contributed by atoms with E-state index >= 15 is 0 Å². The van der Waals surface area contributed by atoms with Crippen molar-refractivity contribution in [3.8, 4) is 0 Å². The lowest BCUT2D eigenvalue weighted by Gasteiger charge is -2.28. The van der Waals surface area contributed by atoms with Crippen LogP contribution in [0.2, 0.25) is 0 Å². The molecule has 1 rings (SSSR count). The number of nitrogens with one attached hydrogen (secondary N) is 1. The zero-order chi connectivity index (χ0) is 9.84. The molecule has 1 atom stereocenters. The molecule has 0 saturated carbocycles. The van der Waals surface area contributed by atoms with Crippen LogP contribution in [0.15, 0.2) is 0 Å². The first kappa shape index (κ1) is 10.5. The maximum atomic E-state index is 11.8. The van der Waals surface area contributed by atoms with Gasteiger partial charge < -0.3 is 10.2 Å². The van der Waals surface area contributed by atoms with Crippen molar-refractivity contribution < 1.29 is 4.79 Å². The molecule has 0 aromatic rings. The molecule has 1 fully saturated rings. The fourth-order valence-corrected chi connectivity index (χ4v) is 1.83. The van der Waals surface area contributed by atoms with Gasteiger partial charge in [-0.2, -0.15) is 0 Å². The number of carbonyl (C=O) groups excluding carboxylic acids is 1. The third-order valence-corrected chi connectivity index (χ3v) is 2.59. The summed E-state index contributed by atoms with van der Waals surface area (Å²) in [6.45, 7) is 8.83. The lowest BCUT2D eigenvalue weighted by molar-refractivity contribution is -0.136. The summed E-state index contributed by atoms with van der Waals surface area (Å²) in [6.07, 6.45) is 1.10. The summed E-state index contributed by atoms with van der Waals surface area (Å²) >= 11 is 0. The molecular weight excluding hydrogens is 164 g/mol. The molecule has 76 valence electrons. The van der Waals surface area contributed by atoms with Crippen LogP contribution in [0.25, 0.3) is 0 Å². The van der Waals surface area contributed by atoms with Crippen molar-refractivity contribution in [1.29, 1.82) is 0 Å². The summed E-state index contributed by atoms with van der Waals surface area (Å²) in [4.78, 5) is 13.8. The molecule has 1 saturated heterocycles. The van der Waals surface area contributed by atoms with Crippen LogP contribution in [0, 0.1) is 5.92 Å². The largest absolute Gasteiger partial charge is 0.338 e. The summed E-state index contributed by atoms with van der Waals surface area (Å²) in [6, 6.07) is 0.430. The number of hydrogen-bond acceptors (Lipinski definition) is 2. The molecule has 0 spiro atoms. The topological polar surface area (TPSA) is 32.3 Å². The maximum absolute atomic E-state index is 11.8. The molecule has 0 radical (unpaired) electrons. The third-order valence-electron chi connectivity index (χ3n) is 2.59. The van der Waals surface area contributed by atoms with Crippen molar-refractivity contribution in [3.63, 3.8) is 0 Å². The summed E-state index contributed by atoms with van der Waals surface area (Å²) in [7, 11) is 0. The van der Waals surface area contributed by atoms with Crippen molar-refractivity contribution in [2.75, 3.05) is 19.6 Å². The average Bonchev–Trinajstić information content (AvgIpc) is 2.58. The van der Waals surface area contributed by atoms with E-state index in [2.05, 4.69) is 12.2 Å². The van der Waals surface area contributed by atoms with Gasteiger partial charge in [0, 0.05) is 25.0 Å². The van der Waals surface area contributed by atoms with E-state index in [0.717, 1.165) is 26.1 Å². The lowest BCUT2D eigenvalue weighted by atomic mass is 10.1. The Hall–Kier alpha value is -0.570. The second kappa shape index (κ2) is 4.61. The first-order chi connectivity index (χ1) is 6.16. The van der Waals surface area contributed by atoms with Gasteiger partial charge in [-0.15, -0.1) is 0 Å². The van der Waals surface area contributed by atoms with Gasteiger partial charge in [0.1, 0.15) is 0 Å². The van der Waals surface area contributed by atoms with E-state index in [-0.39, 0.29) is 11.8 Å².